The van der Waals surface area contributed by atoms with E-state index in [0.29, 0.717) is 23.9 Å². The number of rotatable bonds is 4. The minimum Gasteiger partial charge on any atom is -0.477 e. The molecule has 0 aliphatic rings. The smallest absolute Gasteiger partial charge is 0.228 e. The van der Waals surface area contributed by atoms with Crippen molar-refractivity contribution in [2.75, 3.05) is 13.2 Å². The van der Waals surface area contributed by atoms with E-state index in [9.17, 15) is 0 Å². The molecule has 1 rings (SSSR count). The van der Waals surface area contributed by atoms with E-state index in [1.807, 2.05) is 0 Å². The maximum atomic E-state index is 8.52. The summed E-state index contributed by atoms with van der Waals surface area (Å²) >= 11 is 8.95. The zero-order valence-electron chi connectivity index (χ0n) is 6.83. The van der Waals surface area contributed by atoms with Crippen LogP contribution in [0.2, 0.25) is 5.02 Å². The first kappa shape index (κ1) is 10.8. The van der Waals surface area contributed by atoms with Gasteiger partial charge in [0.2, 0.25) is 5.88 Å². The Bertz CT molecular complexity index is 283. The Labute approximate surface area is 89.8 Å². The Hall–Kier alpha value is -0.320. The van der Waals surface area contributed by atoms with Gasteiger partial charge in [-0.3, -0.25) is 0 Å². The van der Waals surface area contributed by atoms with E-state index in [1.54, 1.807) is 6.07 Å². The number of aliphatic hydroxyl groups is 1. The molecule has 1 aromatic heterocycles. The molecule has 0 radical (unpaired) electrons. The van der Waals surface area contributed by atoms with Gasteiger partial charge in [-0.25, -0.2) is 4.98 Å². The lowest BCUT2D eigenvalue weighted by molar-refractivity contribution is 0.228. The van der Waals surface area contributed by atoms with Crippen LogP contribution in [0.1, 0.15) is 6.42 Å². The Balaban J connectivity index is 2.56. The van der Waals surface area contributed by atoms with Crippen LogP contribution in [0.4, 0.5) is 0 Å². The fourth-order valence-electron chi connectivity index (χ4n) is 0.742. The second-order valence-electron chi connectivity index (χ2n) is 2.37. The summed E-state index contributed by atoms with van der Waals surface area (Å²) in [5.41, 5.74) is 0. The predicted octanol–water partition coefficient (Wildman–Crippen LogP) is 2.26. The third-order valence-electron chi connectivity index (χ3n) is 1.32. The summed E-state index contributed by atoms with van der Waals surface area (Å²) in [5.74, 6) is 0.498. The van der Waals surface area contributed by atoms with Crippen LogP contribution < -0.4 is 4.74 Å². The first-order valence-electron chi connectivity index (χ1n) is 3.78. The number of hydrogen-bond donors (Lipinski definition) is 1. The molecule has 0 aliphatic carbocycles. The van der Waals surface area contributed by atoms with E-state index >= 15 is 0 Å². The molecule has 0 saturated carbocycles. The van der Waals surface area contributed by atoms with Gasteiger partial charge < -0.3 is 9.84 Å². The van der Waals surface area contributed by atoms with Crippen LogP contribution in [0, 0.1) is 0 Å². The summed E-state index contributed by atoms with van der Waals surface area (Å²) in [6.07, 6.45) is 2.11. The van der Waals surface area contributed by atoms with Crippen molar-refractivity contribution in [2.24, 2.45) is 0 Å². The van der Waals surface area contributed by atoms with Gasteiger partial charge in [0.15, 0.2) is 0 Å². The van der Waals surface area contributed by atoms with Gasteiger partial charge in [0.25, 0.3) is 0 Å². The fourth-order valence-corrected chi connectivity index (χ4v) is 1.49. The fraction of sp³-hybridized carbons (Fsp3) is 0.375. The van der Waals surface area contributed by atoms with Crippen LogP contribution in [0.15, 0.2) is 16.7 Å². The molecule has 0 amide bonds. The number of halogens is 2. The number of pyridine rings is 1. The van der Waals surface area contributed by atoms with E-state index in [4.69, 9.17) is 21.4 Å². The number of ether oxygens (including phenoxy) is 1. The van der Waals surface area contributed by atoms with Gasteiger partial charge in [0.1, 0.15) is 0 Å². The monoisotopic (exact) mass is 265 g/mol. The SMILES string of the molecule is OCCCOc1ncc(Cl)cc1Br. The minimum atomic E-state index is 0.116. The molecule has 0 saturated heterocycles. The van der Waals surface area contributed by atoms with Crippen LogP contribution in [-0.4, -0.2) is 23.3 Å². The van der Waals surface area contributed by atoms with Gasteiger partial charge in [0, 0.05) is 19.2 Å². The molecule has 1 aromatic rings. The maximum Gasteiger partial charge on any atom is 0.228 e. The summed E-state index contributed by atoms with van der Waals surface area (Å²) in [6.45, 7) is 0.564. The van der Waals surface area contributed by atoms with Gasteiger partial charge in [-0.2, -0.15) is 0 Å². The van der Waals surface area contributed by atoms with Gasteiger partial charge in [-0.15, -0.1) is 0 Å². The Morgan fingerprint density at radius 1 is 1.62 bits per heavy atom. The van der Waals surface area contributed by atoms with Crippen LogP contribution in [0.25, 0.3) is 0 Å². The van der Waals surface area contributed by atoms with Crippen molar-refractivity contribution in [1.82, 2.24) is 4.98 Å². The van der Waals surface area contributed by atoms with E-state index < -0.39 is 0 Å². The van der Waals surface area contributed by atoms with Crippen LogP contribution in [0.5, 0.6) is 5.88 Å². The zero-order valence-corrected chi connectivity index (χ0v) is 9.18. The Kier molecular flexibility index (Phi) is 4.48. The second kappa shape index (κ2) is 5.42. The van der Waals surface area contributed by atoms with Crippen molar-refractivity contribution < 1.29 is 9.84 Å². The number of nitrogens with zero attached hydrogens (tertiary/aromatic N) is 1. The summed E-state index contributed by atoms with van der Waals surface area (Å²) in [7, 11) is 0. The first-order valence-corrected chi connectivity index (χ1v) is 4.96. The molecule has 13 heavy (non-hydrogen) atoms. The van der Waals surface area contributed by atoms with Crippen molar-refractivity contribution >= 4 is 27.5 Å². The minimum absolute atomic E-state index is 0.116. The number of hydrogen-bond acceptors (Lipinski definition) is 3. The summed E-state index contributed by atoms with van der Waals surface area (Å²) in [6, 6.07) is 1.71. The molecule has 0 atom stereocenters. The third kappa shape index (κ3) is 3.50. The highest BCUT2D eigenvalue weighted by molar-refractivity contribution is 9.10. The van der Waals surface area contributed by atoms with Crippen LogP contribution >= 0.6 is 27.5 Å². The molecule has 0 fully saturated rings. The molecule has 1 N–H and O–H groups in total. The van der Waals surface area contributed by atoms with Gasteiger partial charge in [-0.1, -0.05) is 11.6 Å². The average Bonchev–Trinajstić information content (AvgIpc) is 2.09. The molecular weight excluding hydrogens is 257 g/mol. The van der Waals surface area contributed by atoms with E-state index in [2.05, 4.69) is 20.9 Å². The van der Waals surface area contributed by atoms with Crippen molar-refractivity contribution in [2.45, 2.75) is 6.42 Å². The molecule has 0 spiro atoms. The summed E-state index contributed by atoms with van der Waals surface area (Å²) in [5, 5.41) is 9.08. The number of aromatic nitrogens is 1. The third-order valence-corrected chi connectivity index (χ3v) is 2.09. The number of aliphatic hydroxyl groups excluding tert-OH is 1. The quantitative estimate of drug-likeness (QED) is 0.850. The van der Waals surface area contributed by atoms with Crippen molar-refractivity contribution in [3.05, 3.63) is 21.8 Å². The van der Waals surface area contributed by atoms with E-state index in [-0.39, 0.29) is 6.61 Å². The first-order chi connectivity index (χ1) is 6.24. The van der Waals surface area contributed by atoms with E-state index in [0.717, 1.165) is 4.47 Å². The lowest BCUT2D eigenvalue weighted by Crippen LogP contribution is -2.01. The summed E-state index contributed by atoms with van der Waals surface area (Å²) in [4.78, 5) is 3.97. The molecule has 1 heterocycles. The molecule has 5 heteroatoms. The highest BCUT2D eigenvalue weighted by Gasteiger charge is 2.02. The van der Waals surface area contributed by atoms with Crippen LogP contribution in [-0.2, 0) is 0 Å². The molecule has 3 nitrogen and oxygen atoms in total. The Morgan fingerprint density at radius 3 is 3.00 bits per heavy atom. The van der Waals surface area contributed by atoms with Gasteiger partial charge >= 0.3 is 0 Å². The molecule has 0 unspecified atom stereocenters. The molecule has 0 bridgehead atoms. The summed E-state index contributed by atoms with van der Waals surface area (Å²) < 4.78 is 5.98. The molecule has 0 aliphatic heterocycles. The van der Waals surface area contributed by atoms with E-state index in [1.165, 1.54) is 6.20 Å². The van der Waals surface area contributed by atoms with Gasteiger partial charge in [-0.05, 0) is 22.0 Å². The molecule has 72 valence electrons. The normalized spacial score (nSPS) is 10.1. The zero-order chi connectivity index (χ0) is 9.68. The average molecular weight is 267 g/mol. The molecule has 0 aromatic carbocycles. The lowest BCUT2D eigenvalue weighted by Gasteiger charge is -2.05. The topological polar surface area (TPSA) is 42.4 Å². The van der Waals surface area contributed by atoms with Crippen molar-refractivity contribution in [1.29, 1.82) is 0 Å². The van der Waals surface area contributed by atoms with Crippen molar-refractivity contribution in [3.63, 3.8) is 0 Å². The second-order valence-corrected chi connectivity index (χ2v) is 3.66. The van der Waals surface area contributed by atoms with Gasteiger partial charge in [0.05, 0.1) is 16.1 Å². The molecular formula is C8H9BrClNO2. The highest BCUT2D eigenvalue weighted by Crippen LogP contribution is 2.24. The lowest BCUT2D eigenvalue weighted by atomic mass is 10.5. The van der Waals surface area contributed by atoms with Crippen molar-refractivity contribution in [3.8, 4) is 5.88 Å². The van der Waals surface area contributed by atoms with Crippen LogP contribution in [0.3, 0.4) is 0 Å². The maximum absolute atomic E-state index is 8.52. The largest absolute Gasteiger partial charge is 0.477 e. The standard InChI is InChI=1S/C8H9BrClNO2/c9-7-4-6(10)5-11-8(7)13-3-1-2-12/h4-5,12H,1-3H2. The highest BCUT2D eigenvalue weighted by atomic mass is 79.9. The Morgan fingerprint density at radius 2 is 2.38 bits per heavy atom. The predicted molar refractivity (Wildman–Crippen MR) is 54.1 cm³/mol.